The Morgan fingerprint density at radius 3 is 2.50 bits per heavy atom. The zero-order valence-electron chi connectivity index (χ0n) is 16.8. The topological polar surface area (TPSA) is 67.4 Å². The van der Waals surface area contributed by atoms with Crippen molar-refractivity contribution in [3.63, 3.8) is 0 Å². The Balaban J connectivity index is 1.71. The Morgan fingerprint density at radius 1 is 1.00 bits per heavy atom. The van der Waals surface area contributed by atoms with Gasteiger partial charge in [0.25, 0.3) is 5.91 Å². The van der Waals surface area contributed by atoms with Gasteiger partial charge in [0.1, 0.15) is 12.4 Å². The van der Waals surface area contributed by atoms with Crippen molar-refractivity contribution in [1.82, 2.24) is 5.32 Å². The Morgan fingerprint density at radius 2 is 1.73 bits per heavy atom. The van der Waals surface area contributed by atoms with Gasteiger partial charge in [-0.2, -0.15) is 0 Å². The second-order valence-electron chi connectivity index (χ2n) is 6.88. The van der Waals surface area contributed by atoms with Gasteiger partial charge in [-0.1, -0.05) is 58.4 Å². The van der Waals surface area contributed by atoms with Gasteiger partial charge in [0.2, 0.25) is 5.91 Å². The van der Waals surface area contributed by atoms with E-state index in [4.69, 9.17) is 4.74 Å². The quantitative estimate of drug-likeness (QED) is 0.484. The molecule has 0 aromatic heterocycles. The van der Waals surface area contributed by atoms with Gasteiger partial charge in [-0.15, -0.1) is 0 Å². The van der Waals surface area contributed by atoms with Crippen LogP contribution in [-0.4, -0.2) is 11.8 Å². The predicted molar refractivity (Wildman–Crippen MR) is 122 cm³/mol. The lowest BCUT2D eigenvalue weighted by Crippen LogP contribution is -2.27. The maximum atomic E-state index is 12.9. The van der Waals surface area contributed by atoms with Crippen molar-refractivity contribution in [3.05, 3.63) is 94.0 Å². The number of nitrogens with one attached hydrogen (secondary N) is 2. The molecule has 1 atom stereocenters. The monoisotopic (exact) mass is 466 g/mol. The average molecular weight is 467 g/mol. The lowest BCUT2D eigenvalue weighted by atomic mass is 10.1. The van der Waals surface area contributed by atoms with Crippen molar-refractivity contribution in [2.24, 2.45) is 0 Å². The number of para-hydroxylation sites is 1. The summed E-state index contributed by atoms with van der Waals surface area (Å²) in [5, 5.41) is 5.76. The summed E-state index contributed by atoms with van der Waals surface area (Å²) in [7, 11) is 0. The maximum Gasteiger partial charge on any atom is 0.255 e. The highest BCUT2D eigenvalue weighted by Crippen LogP contribution is 2.24. The van der Waals surface area contributed by atoms with Crippen molar-refractivity contribution < 1.29 is 14.3 Å². The molecular weight excluding hydrogens is 444 g/mol. The second-order valence-corrected chi connectivity index (χ2v) is 7.73. The van der Waals surface area contributed by atoms with Crippen LogP contribution in [0.4, 0.5) is 5.69 Å². The molecule has 30 heavy (non-hydrogen) atoms. The second kappa shape index (κ2) is 10.1. The van der Waals surface area contributed by atoms with E-state index in [0.29, 0.717) is 23.6 Å². The first-order valence-corrected chi connectivity index (χ1v) is 10.4. The van der Waals surface area contributed by atoms with Crippen molar-refractivity contribution in [2.75, 3.05) is 5.32 Å². The van der Waals surface area contributed by atoms with Crippen LogP contribution in [0.25, 0.3) is 0 Å². The zero-order valence-corrected chi connectivity index (χ0v) is 18.4. The number of hydrogen-bond acceptors (Lipinski definition) is 3. The maximum absolute atomic E-state index is 12.9. The van der Waals surface area contributed by atoms with Crippen LogP contribution in [0.5, 0.6) is 5.75 Å². The number of benzene rings is 3. The first kappa shape index (κ1) is 21.6. The van der Waals surface area contributed by atoms with Crippen LogP contribution in [0, 0.1) is 0 Å². The zero-order chi connectivity index (χ0) is 21.5. The average Bonchev–Trinajstić information content (AvgIpc) is 2.73. The molecule has 6 heteroatoms. The summed E-state index contributed by atoms with van der Waals surface area (Å²) in [4.78, 5) is 24.2. The molecule has 2 N–H and O–H groups in total. The standard InChI is InChI=1S/C24H23BrN2O3/c1-16(18-9-7-10-20(14-18)27-17(2)28)26-24(29)21-11-4-6-13-23(21)30-15-19-8-3-5-12-22(19)25/h3-14,16H,15H2,1-2H3,(H,26,29)(H,27,28). The Labute approximate surface area is 184 Å². The lowest BCUT2D eigenvalue weighted by Gasteiger charge is -2.17. The van der Waals surface area contributed by atoms with Crippen LogP contribution < -0.4 is 15.4 Å². The molecule has 3 aromatic carbocycles. The highest BCUT2D eigenvalue weighted by atomic mass is 79.9. The number of carbonyl (C=O) groups is 2. The number of hydrogen-bond donors (Lipinski definition) is 2. The van der Waals surface area contributed by atoms with Gasteiger partial charge < -0.3 is 15.4 Å². The van der Waals surface area contributed by atoms with Gasteiger partial charge in [-0.3, -0.25) is 9.59 Å². The molecule has 0 saturated heterocycles. The molecule has 0 fully saturated rings. The first-order valence-electron chi connectivity index (χ1n) is 9.57. The van der Waals surface area contributed by atoms with Gasteiger partial charge in [0, 0.05) is 22.6 Å². The van der Waals surface area contributed by atoms with Gasteiger partial charge in [-0.05, 0) is 42.8 Å². The summed E-state index contributed by atoms with van der Waals surface area (Å²) >= 11 is 3.51. The van der Waals surface area contributed by atoms with Crippen molar-refractivity contribution in [2.45, 2.75) is 26.5 Å². The van der Waals surface area contributed by atoms with Crippen LogP contribution in [-0.2, 0) is 11.4 Å². The van der Waals surface area contributed by atoms with Crippen LogP contribution in [0.1, 0.15) is 41.4 Å². The highest BCUT2D eigenvalue weighted by Gasteiger charge is 2.16. The van der Waals surface area contributed by atoms with Crippen molar-refractivity contribution in [1.29, 1.82) is 0 Å². The fourth-order valence-electron chi connectivity index (χ4n) is 3.00. The molecule has 0 radical (unpaired) electrons. The van der Waals surface area contributed by atoms with E-state index in [2.05, 4.69) is 26.6 Å². The molecule has 0 aliphatic heterocycles. The summed E-state index contributed by atoms with van der Waals surface area (Å²) < 4.78 is 6.89. The van der Waals surface area contributed by atoms with Gasteiger partial charge in [-0.25, -0.2) is 0 Å². The van der Waals surface area contributed by atoms with Gasteiger partial charge in [0.05, 0.1) is 11.6 Å². The summed E-state index contributed by atoms with van der Waals surface area (Å²) in [6.07, 6.45) is 0. The van der Waals surface area contributed by atoms with E-state index >= 15 is 0 Å². The molecule has 0 aliphatic carbocycles. The fourth-order valence-corrected chi connectivity index (χ4v) is 3.40. The number of halogens is 1. The minimum atomic E-state index is -0.248. The highest BCUT2D eigenvalue weighted by molar-refractivity contribution is 9.10. The first-order chi connectivity index (χ1) is 14.4. The molecule has 0 aliphatic rings. The molecule has 0 heterocycles. The number of rotatable bonds is 7. The minimum absolute atomic E-state index is 0.139. The molecule has 2 amide bonds. The third-order valence-electron chi connectivity index (χ3n) is 4.53. The van der Waals surface area contributed by atoms with Crippen molar-refractivity contribution >= 4 is 33.4 Å². The largest absolute Gasteiger partial charge is 0.488 e. The molecule has 1 unspecified atom stereocenters. The molecular formula is C24H23BrN2O3. The molecule has 5 nitrogen and oxygen atoms in total. The van der Waals surface area contributed by atoms with Crippen LogP contribution >= 0.6 is 15.9 Å². The lowest BCUT2D eigenvalue weighted by molar-refractivity contribution is -0.114. The minimum Gasteiger partial charge on any atom is -0.488 e. The van der Waals surface area contributed by atoms with Crippen LogP contribution in [0.15, 0.2) is 77.3 Å². The smallest absolute Gasteiger partial charge is 0.255 e. The summed E-state index contributed by atoms with van der Waals surface area (Å²) in [5.41, 5.74) is 3.05. The van der Waals surface area contributed by atoms with Crippen LogP contribution in [0.2, 0.25) is 0 Å². The third-order valence-corrected chi connectivity index (χ3v) is 5.30. The molecule has 3 rings (SSSR count). The number of ether oxygens (including phenoxy) is 1. The van der Waals surface area contributed by atoms with E-state index in [-0.39, 0.29) is 17.9 Å². The fraction of sp³-hybridized carbons (Fsp3) is 0.167. The number of carbonyl (C=O) groups excluding carboxylic acids is 2. The van der Waals surface area contributed by atoms with Gasteiger partial charge in [0.15, 0.2) is 0 Å². The number of anilines is 1. The summed E-state index contributed by atoms with van der Waals surface area (Å²) in [5.74, 6) is 0.153. The molecule has 3 aromatic rings. The molecule has 0 bridgehead atoms. The van der Waals surface area contributed by atoms with E-state index < -0.39 is 0 Å². The predicted octanol–water partition coefficient (Wildman–Crippen LogP) is 5.48. The van der Waals surface area contributed by atoms with E-state index in [1.165, 1.54) is 6.92 Å². The Kier molecular flexibility index (Phi) is 7.25. The molecule has 0 spiro atoms. The molecule has 154 valence electrons. The Hall–Kier alpha value is -3.12. The van der Waals surface area contributed by atoms with E-state index in [0.717, 1.165) is 15.6 Å². The normalized spacial score (nSPS) is 11.4. The van der Waals surface area contributed by atoms with E-state index in [9.17, 15) is 9.59 Å². The number of amides is 2. The third kappa shape index (κ3) is 5.70. The SMILES string of the molecule is CC(=O)Nc1cccc(C(C)NC(=O)c2ccccc2OCc2ccccc2Br)c1. The van der Waals surface area contributed by atoms with E-state index in [1.54, 1.807) is 12.1 Å². The van der Waals surface area contributed by atoms with Crippen LogP contribution in [0.3, 0.4) is 0 Å². The van der Waals surface area contributed by atoms with E-state index in [1.807, 2.05) is 67.6 Å². The summed E-state index contributed by atoms with van der Waals surface area (Å²) in [6.45, 7) is 3.71. The summed E-state index contributed by atoms with van der Waals surface area (Å²) in [6, 6.07) is 22.1. The van der Waals surface area contributed by atoms with Crippen molar-refractivity contribution in [3.8, 4) is 5.75 Å². The van der Waals surface area contributed by atoms with Gasteiger partial charge >= 0.3 is 0 Å². The molecule has 0 saturated carbocycles. The Bertz CT molecular complexity index is 1050.